The summed E-state index contributed by atoms with van der Waals surface area (Å²) in [7, 11) is 2.06. The molecule has 0 atom stereocenters. The Morgan fingerprint density at radius 3 is 2.83 bits per heavy atom. The van der Waals surface area contributed by atoms with Gasteiger partial charge in [-0.2, -0.15) is 0 Å². The van der Waals surface area contributed by atoms with Crippen LogP contribution >= 0.6 is 0 Å². The zero-order chi connectivity index (χ0) is 8.72. The van der Waals surface area contributed by atoms with Crippen molar-refractivity contribution in [3.8, 4) is 0 Å². The largest absolute Gasteiger partial charge is 0.336 e. The summed E-state index contributed by atoms with van der Waals surface area (Å²) in [5.74, 6) is 1.16. The Morgan fingerprint density at radius 2 is 2.08 bits per heavy atom. The first-order chi connectivity index (χ1) is 5.68. The van der Waals surface area contributed by atoms with E-state index in [1.54, 1.807) is 0 Å². The second kappa shape index (κ2) is 2.47. The molecule has 2 rings (SSSR count). The van der Waals surface area contributed by atoms with Crippen LogP contribution < -0.4 is 0 Å². The van der Waals surface area contributed by atoms with Crippen molar-refractivity contribution in [1.82, 2.24) is 4.57 Å². The molecule has 1 aromatic rings. The molecule has 64 valence electrons. The molecule has 0 fully saturated rings. The van der Waals surface area contributed by atoms with Gasteiger partial charge in [-0.05, 0) is 37.8 Å². The summed E-state index contributed by atoms with van der Waals surface area (Å²) >= 11 is 0. The van der Waals surface area contributed by atoms with Gasteiger partial charge in [-0.25, -0.2) is 4.99 Å². The van der Waals surface area contributed by atoms with Crippen LogP contribution in [-0.4, -0.2) is 10.3 Å². The van der Waals surface area contributed by atoms with Crippen molar-refractivity contribution in [2.24, 2.45) is 12.0 Å². The van der Waals surface area contributed by atoms with Crippen LogP contribution in [0.5, 0.6) is 0 Å². The lowest BCUT2D eigenvalue weighted by Gasteiger charge is -2.10. The summed E-state index contributed by atoms with van der Waals surface area (Å²) in [5, 5.41) is 0. The Morgan fingerprint density at radius 1 is 1.33 bits per heavy atom. The molecule has 1 aliphatic heterocycles. The van der Waals surface area contributed by atoms with Gasteiger partial charge in [-0.3, -0.25) is 0 Å². The second-order valence-corrected chi connectivity index (χ2v) is 3.57. The highest BCUT2D eigenvalue weighted by molar-refractivity contribution is 5.86. The summed E-state index contributed by atoms with van der Waals surface area (Å²) in [6.07, 6.45) is 4.45. The first-order valence-electron chi connectivity index (χ1n) is 4.37. The van der Waals surface area contributed by atoms with E-state index >= 15 is 0 Å². The van der Waals surface area contributed by atoms with E-state index in [2.05, 4.69) is 36.7 Å². The van der Waals surface area contributed by atoms with Crippen LogP contribution in [0.3, 0.4) is 0 Å². The topological polar surface area (TPSA) is 17.3 Å². The van der Waals surface area contributed by atoms with Gasteiger partial charge in [0.25, 0.3) is 0 Å². The lowest BCUT2D eigenvalue weighted by Crippen LogP contribution is -2.02. The molecule has 1 aromatic heterocycles. The number of nitrogens with zero attached hydrogens (tertiary/aromatic N) is 2. The van der Waals surface area contributed by atoms with E-state index in [-0.39, 0.29) is 0 Å². The van der Waals surface area contributed by atoms with Gasteiger partial charge in [0.15, 0.2) is 0 Å². The molecule has 1 aliphatic rings. The maximum Gasteiger partial charge on any atom is 0.135 e. The van der Waals surface area contributed by atoms with Crippen LogP contribution in [0.1, 0.15) is 24.5 Å². The highest BCUT2D eigenvalue weighted by atomic mass is 15.1. The summed E-state index contributed by atoms with van der Waals surface area (Å²) in [6.45, 7) is 4.26. The minimum absolute atomic E-state index is 1.12. The predicted octanol–water partition coefficient (Wildman–Crippen LogP) is 2.37. The third-order valence-corrected chi connectivity index (χ3v) is 2.50. The van der Waals surface area contributed by atoms with E-state index in [0.29, 0.717) is 0 Å². The fourth-order valence-corrected chi connectivity index (χ4v) is 1.82. The minimum Gasteiger partial charge on any atom is -0.336 e. The number of fused-ring (bicyclic) bond motifs is 1. The van der Waals surface area contributed by atoms with E-state index in [4.69, 9.17) is 0 Å². The molecule has 0 saturated carbocycles. The molecule has 0 radical (unpaired) electrons. The van der Waals surface area contributed by atoms with Gasteiger partial charge < -0.3 is 4.57 Å². The van der Waals surface area contributed by atoms with Crippen molar-refractivity contribution in [3.63, 3.8) is 0 Å². The number of aliphatic imine (C=N–C) groups is 1. The standard InChI is InChI=1S/C10H14N2/c1-7-6-12(3)10-9(7)5-4-8(2)11-10/h6H,4-5H2,1-3H3. The highest BCUT2D eigenvalue weighted by Crippen LogP contribution is 2.29. The maximum atomic E-state index is 4.55. The van der Waals surface area contributed by atoms with Crippen molar-refractivity contribution in [1.29, 1.82) is 0 Å². The lowest BCUT2D eigenvalue weighted by molar-refractivity contribution is 0.895. The Kier molecular flexibility index (Phi) is 1.56. The predicted molar refractivity (Wildman–Crippen MR) is 51.2 cm³/mol. The highest BCUT2D eigenvalue weighted by Gasteiger charge is 2.14. The molecule has 0 saturated heterocycles. The van der Waals surface area contributed by atoms with Gasteiger partial charge in [0, 0.05) is 19.0 Å². The molecule has 0 aromatic carbocycles. The zero-order valence-corrected chi connectivity index (χ0v) is 7.89. The Hall–Kier alpha value is -1.05. The lowest BCUT2D eigenvalue weighted by atomic mass is 10.0. The average molecular weight is 162 g/mol. The number of rotatable bonds is 0. The normalized spacial score (nSPS) is 15.8. The van der Waals surface area contributed by atoms with Crippen molar-refractivity contribution in [3.05, 3.63) is 17.3 Å². The SMILES string of the molecule is CC1=Nc2c(c(C)cn2C)CC1. The first-order valence-corrected chi connectivity index (χ1v) is 4.37. The summed E-state index contributed by atoms with van der Waals surface area (Å²) in [6, 6.07) is 0. The molecule has 0 unspecified atom stereocenters. The quantitative estimate of drug-likeness (QED) is 0.557. The molecule has 12 heavy (non-hydrogen) atoms. The third-order valence-electron chi connectivity index (χ3n) is 2.50. The van der Waals surface area contributed by atoms with Gasteiger partial charge in [0.05, 0.1) is 0 Å². The number of aromatic nitrogens is 1. The van der Waals surface area contributed by atoms with Crippen molar-refractivity contribution in [2.45, 2.75) is 26.7 Å². The zero-order valence-electron chi connectivity index (χ0n) is 7.89. The fraction of sp³-hybridized carbons (Fsp3) is 0.500. The Labute approximate surface area is 72.9 Å². The molecule has 0 bridgehead atoms. The molecule has 0 spiro atoms. The molecular formula is C10H14N2. The van der Waals surface area contributed by atoms with Crippen LogP contribution in [0, 0.1) is 6.92 Å². The van der Waals surface area contributed by atoms with Gasteiger partial charge in [0.2, 0.25) is 0 Å². The fourth-order valence-electron chi connectivity index (χ4n) is 1.82. The van der Waals surface area contributed by atoms with Crippen LogP contribution in [0.25, 0.3) is 0 Å². The summed E-state index contributed by atoms with van der Waals surface area (Å²) in [4.78, 5) is 4.55. The molecule has 0 amide bonds. The minimum atomic E-state index is 1.12. The van der Waals surface area contributed by atoms with E-state index in [1.165, 1.54) is 16.8 Å². The smallest absolute Gasteiger partial charge is 0.135 e. The molecule has 0 aliphatic carbocycles. The summed E-state index contributed by atoms with van der Waals surface area (Å²) < 4.78 is 2.12. The van der Waals surface area contributed by atoms with Crippen LogP contribution in [0.15, 0.2) is 11.2 Å². The first kappa shape index (κ1) is 7.59. The van der Waals surface area contributed by atoms with Crippen molar-refractivity contribution in [2.75, 3.05) is 0 Å². The van der Waals surface area contributed by atoms with Gasteiger partial charge in [0.1, 0.15) is 5.82 Å². The maximum absolute atomic E-state index is 4.55. The van der Waals surface area contributed by atoms with Crippen LogP contribution in [0.4, 0.5) is 5.82 Å². The second-order valence-electron chi connectivity index (χ2n) is 3.57. The monoisotopic (exact) mass is 162 g/mol. The number of aryl methyl sites for hydroxylation is 2. The van der Waals surface area contributed by atoms with Gasteiger partial charge >= 0.3 is 0 Å². The molecule has 2 nitrogen and oxygen atoms in total. The van der Waals surface area contributed by atoms with Crippen molar-refractivity contribution < 1.29 is 0 Å². The third kappa shape index (κ3) is 0.986. The molecular weight excluding hydrogens is 148 g/mol. The molecule has 0 N–H and O–H groups in total. The van der Waals surface area contributed by atoms with Gasteiger partial charge in [-0.1, -0.05) is 0 Å². The number of hydrogen-bond acceptors (Lipinski definition) is 1. The molecule has 2 heteroatoms. The van der Waals surface area contributed by atoms with Crippen LogP contribution in [-0.2, 0) is 13.5 Å². The van der Waals surface area contributed by atoms with E-state index in [1.807, 2.05) is 0 Å². The van der Waals surface area contributed by atoms with E-state index in [9.17, 15) is 0 Å². The molecule has 2 heterocycles. The Balaban J connectivity index is 2.61. The summed E-state index contributed by atoms with van der Waals surface area (Å²) in [5.41, 5.74) is 4.07. The number of hydrogen-bond donors (Lipinski definition) is 0. The van der Waals surface area contributed by atoms with Crippen molar-refractivity contribution >= 4 is 11.5 Å². The average Bonchev–Trinajstić information content (AvgIpc) is 2.28. The Bertz CT molecular complexity index is 345. The van der Waals surface area contributed by atoms with E-state index in [0.717, 1.165) is 18.7 Å². The van der Waals surface area contributed by atoms with E-state index < -0.39 is 0 Å². The van der Waals surface area contributed by atoms with Gasteiger partial charge in [-0.15, -0.1) is 0 Å². The van der Waals surface area contributed by atoms with Crippen LogP contribution in [0.2, 0.25) is 0 Å².